The van der Waals surface area contributed by atoms with Crippen molar-refractivity contribution >= 4 is 22.8 Å². The number of pyridine rings is 1. The number of benzene rings is 1. The van der Waals surface area contributed by atoms with Crippen molar-refractivity contribution in [3.8, 4) is 11.5 Å². The summed E-state index contributed by atoms with van der Waals surface area (Å²) in [6.07, 6.45) is -0.270. The first-order valence-electron chi connectivity index (χ1n) is 9.78. The molecule has 7 nitrogen and oxygen atoms in total. The zero-order valence-electron chi connectivity index (χ0n) is 17.3. The Hall–Kier alpha value is -3.06. The molecule has 26 heavy (non-hydrogen) atoms. The van der Waals surface area contributed by atoms with Crippen LogP contribution >= 0.6 is 0 Å². The number of carboxylic acid groups (broad SMARTS) is 1. The Morgan fingerprint density at radius 1 is 1.27 bits per heavy atom. The van der Waals surface area contributed by atoms with Crippen LogP contribution in [0.4, 0.5) is 10.6 Å². The lowest BCUT2D eigenvalue weighted by atomic mass is 10.2. The summed E-state index contributed by atoms with van der Waals surface area (Å²) >= 11 is 0. The average molecular weight is 355 g/mol. The van der Waals surface area contributed by atoms with Gasteiger partial charge in [-0.3, -0.25) is 0 Å². The highest BCUT2D eigenvalue weighted by Crippen LogP contribution is 2.31. The maximum Gasteiger partial charge on any atom is 0.416 e. The molecule has 1 fully saturated rings. The number of hydrogen-bond donors (Lipinski definition) is 1. The van der Waals surface area contributed by atoms with Crippen LogP contribution in [0.2, 0.25) is 0 Å². The van der Waals surface area contributed by atoms with Gasteiger partial charge in [-0.25, -0.2) is 14.3 Å². The number of piperazine rings is 1. The molecular weight excluding hydrogens is 332 g/mol. The first kappa shape index (κ1) is 13.2. The zero-order chi connectivity index (χ0) is 20.7. The lowest BCUT2D eigenvalue weighted by Gasteiger charge is -2.33. The van der Waals surface area contributed by atoms with Crippen LogP contribution in [-0.4, -0.2) is 58.9 Å². The number of carbonyl (C=O) groups is 1. The Bertz CT molecular complexity index is 1090. The molecule has 7 heteroatoms. The Balaban J connectivity index is 1.74. The number of fused-ring (bicyclic) bond motifs is 1. The molecule has 1 aromatic carbocycles. The second-order valence-electron chi connectivity index (χ2n) is 6.16. The number of likely N-dealkylation sites (N-methyl/N-ethyl adjacent to an activating group) is 1. The molecule has 0 saturated carbocycles. The van der Waals surface area contributed by atoms with Gasteiger partial charge in [-0.05, 0) is 25.2 Å². The second kappa shape index (κ2) is 6.68. The van der Waals surface area contributed by atoms with Gasteiger partial charge >= 0.3 is 6.09 Å². The lowest BCUT2D eigenvalue weighted by molar-refractivity contribution is 0.197. The van der Waals surface area contributed by atoms with Crippen molar-refractivity contribution in [3.63, 3.8) is 0 Å². The van der Waals surface area contributed by atoms with Crippen LogP contribution in [0, 0.1) is 0 Å². The highest BCUT2D eigenvalue weighted by atomic mass is 16.5. The van der Waals surface area contributed by atoms with Gasteiger partial charge in [0.15, 0.2) is 5.75 Å². The summed E-state index contributed by atoms with van der Waals surface area (Å²) in [6, 6.07) is 6.02. The third-order valence-corrected chi connectivity index (χ3v) is 4.41. The van der Waals surface area contributed by atoms with E-state index in [9.17, 15) is 9.90 Å². The van der Waals surface area contributed by atoms with Crippen molar-refractivity contribution in [3.05, 3.63) is 48.7 Å². The average Bonchev–Trinajstić information content (AvgIpc) is 2.97. The van der Waals surface area contributed by atoms with Gasteiger partial charge in [-0.15, -0.1) is 0 Å². The van der Waals surface area contributed by atoms with Crippen molar-refractivity contribution in [2.24, 2.45) is 0 Å². The van der Waals surface area contributed by atoms with E-state index in [0.717, 1.165) is 32.0 Å². The molecule has 1 aliphatic rings. The van der Waals surface area contributed by atoms with Gasteiger partial charge in [0.1, 0.15) is 17.1 Å². The minimum Gasteiger partial charge on any atom is -0.464 e. The number of para-hydroxylation sites is 1. The summed E-state index contributed by atoms with van der Waals surface area (Å²) in [6.45, 7) is 3.56. The minimum absolute atomic E-state index is 0.0259. The fourth-order valence-corrected chi connectivity index (χ4v) is 2.98. The molecule has 0 bridgehead atoms. The molecule has 3 heterocycles. The SMILES string of the molecule is [2H]c1ccc(Oc2ccnc(N3CCN(C)CC3)c2)c2c1c([2H])c([2H])n2C(=O)O. The molecule has 0 amide bonds. The van der Waals surface area contributed by atoms with Crippen LogP contribution in [0.1, 0.15) is 4.11 Å². The van der Waals surface area contributed by atoms with Crippen molar-refractivity contribution < 1.29 is 18.8 Å². The summed E-state index contributed by atoms with van der Waals surface area (Å²) in [5.74, 6) is 1.39. The van der Waals surface area contributed by atoms with Gasteiger partial charge in [-0.2, -0.15) is 0 Å². The summed E-state index contributed by atoms with van der Waals surface area (Å²) in [5, 5.41) is 9.59. The van der Waals surface area contributed by atoms with Gasteiger partial charge in [0.2, 0.25) is 0 Å². The first-order valence-corrected chi connectivity index (χ1v) is 8.28. The summed E-state index contributed by atoms with van der Waals surface area (Å²) in [5.41, 5.74) is 0.0259. The van der Waals surface area contributed by atoms with Crippen molar-refractivity contribution in [2.45, 2.75) is 0 Å². The monoisotopic (exact) mass is 355 g/mol. The largest absolute Gasteiger partial charge is 0.464 e. The van der Waals surface area contributed by atoms with Gasteiger partial charge < -0.3 is 19.6 Å². The summed E-state index contributed by atoms with van der Waals surface area (Å²) in [4.78, 5) is 20.5. The smallest absolute Gasteiger partial charge is 0.416 e. The van der Waals surface area contributed by atoms with E-state index in [4.69, 9.17) is 8.85 Å². The molecule has 0 spiro atoms. The molecule has 3 aromatic rings. The number of aromatic nitrogens is 2. The molecule has 1 saturated heterocycles. The van der Waals surface area contributed by atoms with E-state index in [1.807, 2.05) is 0 Å². The molecule has 0 unspecified atom stereocenters. The fraction of sp³-hybridized carbons (Fsp3) is 0.263. The molecule has 4 rings (SSSR count). The minimum atomic E-state index is -1.40. The molecule has 1 aliphatic heterocycles. The van der Waals surface area contributed by atoms with Crippen molar-refractivity contribution in [1.29, 1.82) is 0 Å². The molecule has 134 valence electrons. The van der Waals surface area contributed by atoms with Crippen LogP contribution in [0.5, 0.6) is 11.5 Å². The van der Waals surface area contributed by atoms with Crippen LogP contribution in [0.25, 0.3) is 10.9 Å². The van der Waals surface area contributed by atoms with E-state index >= 15 is 0 Å². The number of hydrogen-bond acceptors (Lipinski definition) is 5. The standard InChI is InChI=1S/C19H20N4O3/c1-21-9-11-22(12-10-21)17-13-15(5-7-20-17)26-16-4-2-3-14-6-8-23(18(14)16)19(24)25/h2-8,13H,9-12H2,1H3,(H,24,25)/i3D,6D,8D. The fourth-order valence-electron chi connectivity index (χ4n) is 2.98. The summed E-state index contributed by atoms with van der Waals surface area (Å²) in [7, 11) is 2.07. The van der Waals surface area contributed by atoms with E-state index in [0.29, 0.717) is 10.3 Å². The van der Waals surface area contributed by atoms with Crippen LogP contribution in [0.15, 0.2) is 48.7 Å². The Kier molecular flexibility index (Phi) is 3.39. The van der Waals surface area contributed by atoms with Crippen LogP contribution in [0.3, 0.4) is 0 Å². The van der Waals surface area contributed by atoms with E-state index < -0.39 is 12.3 Å². The molecule has 0 radical (unpaired) electrons. The van der Waals surface area contributed by atoms with Gasteiger partial charge in [-0.1, -0.05) is 12.1 Å². The Morgan fingerprint density at radius 3 is 2.85 bits per heavy atom. The summed E-state index contributed by atoms with van der Waals surface area (Å²) < 4.78 is 30.6. The van der Waals surface area contributed by atoms with Crippen molar-refractivity contribution in [1.82, 2.24) is 14.5 Å². The van der Waals surface area contributed by atoms with Crippen LogP contribution in [-0.2, 0) is 0 Å². The number of rotatable bonds is 3. The van der Waals surface area contributed by atoms with Gasteiger partial charge in [0, 0.05) is 50.0 Å². The predicted octanol–water partition coefficient (Wildman–Crippen LogP) is 3.11. The molecule has 2 aromatic heterocycles. The third kappa shape index (κ3) is 3.09. The number of anilines is 1. The number of ether oxygens (including phenoxy) is 1. The maximum atomic E-state index is 11.7. The predicted molar refractivity (Wildman–Crippen MR) is 99.4 cm³/mol. The van der Waals surface area contributed by atoms with E-state index in [1.165, 1.54) is 12.1 Å². The van der Waals surface area contributed by atoms with E-state index in [1.54, 1.807) is 18.3 Å². The maximum absolute atomic E-state index is 11.7. The van der Waals surface area contributed by atoms with Crippen molar-refractivity contribution in [2.75, 3.05) is 38.1 Å². The Labute approximate surface area is 155 Å². The first-order chi connectivity index (χ1) is 13.9. The Morgan fingerprint density at radius 2 is 2.08 bits per heavy atom. The molecule has 0 aliphatic carbocycles. The lowest BCUT2D eigenvalue weighted by Crippen LogP contribution is -2.44. The third-order valence-electron chi connectivity index (χ3n) is 4.41. The molecular formula is C19H20N4O3. The highest BCUT2D eigenvalue weighted by molar-refractivity contribution is 5.93. The molecule has 0 atom stereocenters. The number of nitrogens with zero attached hydrogens (tertiary/aromatic N) is 4. The molecule has 1 N–H and O–H groups in total. The highest BCUT2D eigenvalue weighted by Gasteiger charge is 2.17. The van der Waals surface area contributed by atoms with E-state index in [-0.39, 0.29) is 28.7 Å². The van der Waals surface area contributed by atoms with Gasteiger partial charge in [0.25, 0.3) is 0 Å². The van der Waals surface area contributed by atoms with Gasteiger partial charge in [0.05, 0.1) is 4.11 Å². The van der Waals surface area contributed by atoms with E-state index in [2.05, 4.69) is 21.8 Å². The zero-order valence-corrected chi connectivity index (χ0v) is 14.3. The normalized spacial score (nSPS) is 17.0. The quantitative estimate of drug-likeness (QED) is 0.778. The second-order valence-corrected chi connectivity index (χ2v) is 6.16. The van der Waals surface area contributed by atoms with Crippen LogP contribution < -0.4 is 9.64 Å². The topological polar surface area (TPSA) is 70.8 Å².